The molecule has 116 valence electrons. The van der Waals surface area contributed by atoms with Crippen LogP contribution in [-0.2, 0) is 14.8 Å². The Balaban J connectivity index is 2.51. The van der Waals surface area contributed by atoms with E-state index in [0.29, 0.717) is 12.8 Å². The SMILES string of the molecule is CC1CCCN(S(=O)(=O)c2cccc(Cl)c2Cl)C1C(=O)O. The number of hydrogen-bond donors (Lipinski definition) is 1. The minimum Gasteiger partial charge on any atom is -0.480 e. The highest BCUT2D eigenvalue weighted by Crippen LogP contribution is 2.34. The van der Waals surface area contributed by atoms with Gasteiger partial charge in [-0.15, -0.1) is 0 Å². The fourth-order valence-electron chi connectivity index (χ4n) is 2.60. The van der Waals surface area contributed by atoms with Gasteiger partial charge in [-0.2, -0.15) is 4.31 Å². The second-order valence-corrected chi connectivity index (χ2v) is 7.71. The third kappa shape index (κ3) is 3.04. The van der Waals surface area contributed by atoms with E-state index in [0.717, 1.165) is 4.31 Å². The molecule has 1 heterocycles. The van der Waals surface area contributed by atoms with Gasteiger partial charge in [-0.05, 0) is 30.9 Å². The molecule has 0 spiro atoms. The quantitative estimate of drug-likeness (QED) is 0.908. The van der Waals surface area contributed by atoms with Gasteiger partial charge in [-0.25, -0.2) is 8.42 Å². The van der Waals surface area contributed by atoms with Gasteiger partial charge < -0.3 is 5.11 Å². The summed E-state index contributed by atoms with van der Waals surface area (Å²) in [5.74, 6) is -1.41. The molecule has 1 aliphatic rings. The van der Waals surface area contributed by atoms with Gasteiger partial charge in [0, 0.05) is 6.54 Å². The number of benzene rings is 1. The van der Waals surface area contributed by atoms with E-state index in [4.69, 9.17) is 23.2 Å². The van der Waals surface area contributed by atoms with E-state index < -0.39 is 22.0 Å². The molecule has 2 rings (SSSR count). The van der Waals surface area contributed by atoms with Crippen molar-refractivity contribution in [1.29, 1.82) is 0 Å². The molecule has 1 fully saturated rings. The van der Waals surface area contributed by atoms with Crippen LogP contribution in [0.1, 0.15) is 19.8 Å². The Bertz CT molecular complexity index is 662. The van der Waals surface area contributed by atoms with E-state index in [1.165, 1.54) is 18.2 Å². The second-order valence-electron chi connectivity index (χ2n) is 5.07. The van der Waals surface area contributed by atoms with Crippen molar-refractivity contribution in [2.75, 3.05) is 6.54 Å². The molecule has 5 nitrogen and oxygen atoms in total. The lowest BCUT2D eigenvalue weighted by Crippen LogP contribution is -2.51. The molecule has 8 heteroatoms. The zero-order valence-electron chi connectivity index (χ0n) is 11.3. The topological polar surface area (TPSA) is 74.7 Å². The maximum absolute atomic E-state index is 12.7. The summed E-state index contributed by atoms with van der Waals surface area (Å²) in [5, 5.41) is 9.39. The van der Waals surface area contributed by atoms with Gasteiger partial charge in [-0.1, -0.05) is 36.2 Å². The Morgan fingerprint density at radius 2 is 2.05 bits per heavy atom. The van der Waals surface area contributed by atoms with Gasteiger partial charge in [0.2, 0.25) is 10.0 Å². The van der Waals surface area contributed by atoms with Gasteiger partial charge in [0.1, 0.15) is 10.9 Å². The largest absolute Gasteiger partial charge is 0.480 e. The molecule has 21 heavy (non-hydrogen) atoms. The maximum atomic E-state index is 12.7. The summed E-state index contributed by atoms with van der Waals surface area (Å²) < 4.78 is 26.5. The summed E-state index contributed by atoms with van der Waals surface area (Å²) in [6.07, 6.45) is 1.29. The number of rotatable bonds is 3. The summed E-state index contributed by atoms with van der Waals surface area (Å²) in [6, 6.07) is 3.21. The van der Waals surface area contributed by atoms with E-state index in [2.05, 4.69) is 0 Å². The third-order valence-electron chi connectivity index (χ3n) is 3.64. The van der Waals surface area contributed by atoms with Crippen LogP contribution in [0.3, 0.4) is 0 Å². The smallest absolute Gasteiger partial charge is 0.322 e. The highest BCUT2D eigenvalue weighted by molar-refractivity contribution is 7.89. The highest BCUT2D eigenvalue weighted by atomic mass is 35.5. The fourth-order valence-corrected chi connectivity index (χ4v) is 5.05. The van der Waals surface area contributed by atoms with Crippen LogP contribution in [0, 0.1) is 5.92 Å². The first-order chi connectivity index (χ1) is 9.76. The molecule has 1 N–H and O–H groups in total. The maximum Gasteiger partial charge on any atom is 0.322 e. The average Bonchev–Trinajstić information content (AvgIpc) is 2.41. The van der Waals surface area contributed by atoms with Crippen molar-refractivity contribution in [2.24, 2.45) is 5.92 Å². The predicted molar refractivity (Wildman–Crippen MR) is 80.2 cm³/mol. The molecule has 0 aliphatic carbocycles. The third-order valence-corrected chi connectivity index (χ3v) is 6.50. The zero-order valence-corrected chi connectivity index (χ0v) is 13.6. The Labute approximate surface area is 133 Å². The lowest BCUT2D eigenvalue weighted by Gasteiger charge is -2.36. The second kappa shape index (κ2) is 6.12. The molecule has 0 saturated carbocycles. The van der Waals surface area contributed by atoms with Crippen LogP contribution >= 0.6 is 23.2 Å². The number of sulfonamides is 1. The average molecular weight is 352 g/mol. The van der Waals surface area contributed by atoms with E-state index in [1.54, 1.807) is 6.92 Å². The van der Waals surface area contributed by atoms with Crippen LogP contribution in [-0.4, -0.2) is 36.4 Å². The van der Waals surface area contributed by atoms with Crippen molar-refractivity contribution in [3.05, 3.63) is 28.2 Å². The molecule has 0 aromatic heterocycles. The summed E-state index contributed by atoms with van der Waals surface area (Å²) in [6.45, 7) is 1.90. The van der Waals surface area contributed by atoms with Crippen molar-refractivity contribution in [2.45, 2.75) is 30.7 Å². The van der Waals surface area contributed by atoms with E-state index in [9.17, 15) is 18.3 Å². The van der Waals surface area contributed by atoms with Crippen molar-refractivity contribution in [1.82, 2.24) is 4.31 Å². The van der Waals surface area contributed by atoms with Gasteiger partial charge in [0.25, 0.3) is 0 Å². The Morgan fingerprint density at radius 1 is 1.38 bits per heavy atom. The summed E-state index contributed by atoms with van der Waals surface area (Å²) in [5.41, 5.74) is 0. The number of halogens is 2. The Morgan fingerprint density at radius 3 is 2.67 bits per heavy atom. The van der Waals surface area contributed by atoms with Gasteiger partial charge in [-0.3, -0.25) is 4.79 Å². The van der Waals surface area contributed by atoms with E-state index >= 15 is 0 Å². The van der Waals surface area contributed by atoms with Crippen LogP contribution in [0.5, 0.6) is 0 Å². The summed E-state index contributed by atoms with van der Waals surface area (Å²) in [7, 11) is -4.01. The lowest BCUT2D eigenvalue weighted by atomic mass is 9.93. The molecular weight excluding hydrogens is 337 g/mol. The molecule has 2 unspecified atom stereocenters. The number of carboxylic acid groups (broad SMARTS) is 1. The van der Waals surface area contributed by atoms with Crippen molar-refractivity contribution < 1.29 is 18.3 Å². The van der Waals surface area contributed by atoms with Gasteiger partial charge in [0.05, 0.1) is 10.0 Å². The van der Waals surface area contributed by atoms with Crippen LogP contribution in [0.2, 0.25) is 10.0 Å². The molecular formula is C13H15Cl2NO4S. The zero-order chi connectivity index (χ0) is 15.8. The monoisotopic (exact) mass is 351 g/mol. The van der Waals surface area contributed by atoms with Crippen LogP contribution in [0.15, 0.2) is 23.1 Å². The standard InChI is InChI=1S/C13H15Cl2NO4S/c1-8-4-3-7-16(12(8)13(17)18)21(19,20)10-6-2-5-9(14)11(10)15/h2,5-6,8,12H,3-4,7H2,1H3,(H,17,18). The molecule has 0 radical (unpaired) electrons. The number of aliphatic carboxylic acids is 1. The molecule has 1 aromatic rings. The van der Waals surface area contributed by atoms with E-state index in [-0.39, 0.29) is 27.4 Å². The van der Waals surface area contributed by atoms with E-state index in [1.807, 2.05) is 0 Å². The number of piperidine rings is 1. The van der Waals surface area contributed by atoms with Crippen LogP contribution in [0.4, 0.5) is 0 Å². The first-order valence-electron chi connectivity index (χ1n) is 6.45. The number of hydrogen-bond acceptors (Lipinski definition) is 3. The van der Waals surface area contributed by atoms with Gasteiger partial charge >= 0.3 is 5.97 Å². The molecule has 0 amide bonds. The van der Waals surface area contributed by atoms with Crippen molar-refractivity contribution in [3.8, 4) is 0 Å². The predicted octanol–water partition coefficient (Wildman–Crippen LogP) is 2.87. The fraction of sp³-hybridized carbons (Fsp3) is 0.462. The summed E-state index contributed by atoms with van der Waals surface area (Å²) in [4.78, 5) is 11.3. The van der Waals surface area contributed by atoms with Crippen molar-refractivity contribution in [3.63, 3.8) is 0 Å². The van der Waals surface area contributed by atoms with Crippen LogP contribution < -0.4 is 0 Å². The molecule has 0 bridgehead atoms. The molecule has 1 aromatic carbocycles. The van der Waals surface area contributed by atoms with Crippen LogP contribution in [0.25, 0.3) is 0 Å². The number of carboxylic acids is 1. The van der Waals surface area contributed by atoms with Crippen molar-refractivity contribution >= 4 is 39.2 Å². The minimum atomic E-state index is -4.01. The minimum absolute atomic E-state index is 0.0819. The van der Waals surface area contributed by atoms with Gasteiger partial charge in [0.15, 0.2) is 0 Å². The highest BCUT2D eigenvalue weighted by Gasteiger charge is 2.42. The lowest BCUT2D eigenvalue weighted by molar-refractivity contribution is -0.144. The number of carbonyl (C=O) groups is 1. The number of nitrogens with zero attached hydrogens (tertiary/aromatic N) is 1. The normalized spacial score (nSPS) is 24.0. The molecule has 1 saturated heterocycles. The summed E-state index contributed by atoms with van der Waals surface area (Å²) >= 11 is 11.8. The molecule has 1 aliphatic heterocycles. The molecule has 2 atom stereocenters. The first kappa shape index (κ1) is 16.5. The first-order valence-corrected chi connectivity index (χ1v) is 8.65. The Hall–Kier alpha value is -0.820. The Kier molecular flexibility index (Phi) is 4.82.